The molecule has 4 nitrogen and oxygen atoms in total. The van der Waals surface area contributed by atoms with Gasteiger partial charge in [0.15, 0.2) is 0 Å². The molecular formula is C18H18N4. The highest BCUT2D eigenvalue weighted by Gasteiger charge is 2.06. The second-order valence-corrected chi connectivity index (χ2v) is 5.16. The fraction of sp³-hybridized carbons (Fsp3) is 0.111. The molecule has 2 aromatic heterocycles. The number of nitrogens with zero attached hydrogens (tertiary/aromatic N) is 2. The summed E-state index contributed by atoms with van der Waals surface area (Å²) in [5.41, 5.74) is 12.2. The zero-order chi connectivity index (χ0) is 15.5. The lowest BCUT2D eigenvalue weighted by molar-refractivity contribution is 1.20. The van der Waals surface area contributed by atoms with Crippen molar-refractivity contribution in [2.45, 2.75) is 6.92 Å². The number of nitrogen functional groups attached to an aromatic ring is 1. The van der Waals surface area contributed by atoms with Crippen LogP contribution in [0.1, 0.15) is 5.69 Å². The molecule has 0 unspecified atom stereocenters. The van der Waals surface area contributed by atoms with Crippen LogP contribution in [0, 0.1) is 6.92 Å². The summed E-state index contributed by atoms with van der Waals surface area (Å²) in [6.07, 6.45) is 3.57. The molecule has 0 amide bonds. The van der Waals surface area contributed by atoms with Crippen LogP contribution in [0.5, 0.6) is 0 Å². The first-order valence-corrected chi connectivity index (χ1v) is 7.14. The number of hydrogen-bond acceptors (Lipinski definition) is 4. The molecule has 3 N–H and O–H groups in total. The minimum atomic E-state index is 0.526. The van der Waals surface area contributed by atoms with Crippen LogP contribution in [0.25, 0.3) is 22.3 Å². The van der Waals surface area contributed by atoms with E-state index < -0.39 is 0 Å². The number of pyridine rings is 2. The Morgan fingerprint density at radius 2 is 1.73 bits per heavy atom. The molecule has 0 atom stereocenters. The van der Waals surface area contributed by atoms with Gasteiger partial charge in [0.2, 0.25) is 0 Å². The molecular weight excluding hydrogens is 272 g/mol. The first-order valence-electron chi connectivity index (χ1n) is 7.14. The van der Waals surface area contributed by atoms with Gasteiger partial charge in [0.1, 0.15) is 5.82 Å². The minimum absolute atomic E-state index is 0.526. The number of anilines is 2. The Morgan fingerprint density at radius 1 is 0.955 bits per heavy atom. The van der Waals surface area contributed by atoms with Gasteiger partial charge in [-0.15, -0.1) is 0 Å². The maximum Gasteiger partial charge on any atom is 0.123 e. The molecule has 22 heavy (non-hydrogen) atoms. The van der Waals surface area contributed by atoms with E-state index in [4.69, 9.17) is 5.73 Å². The van der Waals surface area contributed by atoms with E-state index in [1.807, 2.05) is 38.4 Å². The van der Waals surface area contributed by atoms with Crippen molar-refractivity contribution in [2.24, 2.45) is 0 Å². The Labute approximate surface area is 130 Å². The topological polar surface area (TPSA) is 63.8 Å². The highest BCUT2D eigenvalue weighted by molar-refractivity contribution is 5.76. The molecule has 0 spiro atoms. The average Bonchev–Trinajstić information content (AvgIpc) is 2.55. The maximum atomic E-state index is 5.78. The third-order valence-electron chi connectivity index (χ3n) is 3.66. The van der Waals surface area contributed by atoms with Crippen LogP contribution in [0.15, 0.2) is 54.9 Å². The normalized spacial score (nSPS) is 10.5. The van der Waals surface area contributed by atoms with Crippen molar-refractivity contribution in [1.29, 1.82) is 0 Å². The molecule has 3 aromatic rings. The fourth-order valence-electron chi connectivity index (χ4n) is 2.46. The molecule has 0 radical (unpaired) electrons. The zero-order valence-electron chi connectivity index (χ0n) is 12.7. The number of nitrogens with one attached hydrogen (secondary N) is 1. The van der Waals surface area contributed by atoms with Gasteiger partial charge in [-0.3, -0.25) is 4.98 Å². The quantitative estimate of drug-likeness (QED) is 0.771. The van der Waals surface area contributed by atoms with Gasteiger partial charge in [-0.25, -0.2) is 4.98 Å². The summed E-state index contributed by atoms with van der Waals surface area (Å²) in [5, 5.41) is 3.13. The molecule has 1 aromatic carbocycles. The molecule has 0 fully saturated rings. The first kappa shape index (κ1) is 14.1. The Balaban J connectivity index is 2.08. The number of aryl methyl sites for hydroxylation is 1. The Bertz CT molecular complexity index is 812. The number of aromatic nitrogens is 2. The van der Waals surface area contributed by atoms with Crippen LogP contribution >= 0.6 is 0 Å². The van der Waals surface area contributed by atoms with Crippen LogP contribution in [0.2, 0.25) is 0 Å². The number of nitrogens with two attached hydrogens (primary N) is 1. The Kier molecular flexibility index (Phi) is 3.74. The van der Waals surface area contributed by atoms with E-state index in [1.54, 1.807) is 6.20 Å². The van der Waals surface area contributed by atoms with Gasteiger partial charge < -0.3 is 11.1 Å². The summed E-state index contributed by atoms with van der Waals surface area (Å²) in [6.45, 7) is 2.02. The summed E-state index contributed by atoms with van der Waals surface area (Å²) in [4.78, 5) is 8.49. The summed E-state index contributed by atoms with van der Waals surface area (Å²) >= 11 is 0. The minimum Gasteiger partial charge on any atom is -0.387 e. The van der Waals surface area contributed by atoms with Crippen molar-refractivity contribution in [3.8, 4) is 22.3 Å². The fourth-order valence-corrected chi connectivity index (χ4v) is 2.46. The lowest BCUT2D eigenvalue weighted by atomic mass is 9.98. The second-order valence-electron chi connectivity index (χ2n) is 5.16. The molecule has 4 heteroatoms. The lowest BCUT2D eigenvalue weighted by Gasteiger charge is -2.10. The van der Waals surface area contributed by atoms with Crippen LogP contribution in [0.4, 0.5) is 11.5 Å². The van der Waals surface area contributed by atoms with Crippen LogP contribution in [-0.2, 0) is 0 Å². The predicted octanol–water partition coefficient (Wildman–Crippen LogP) is 3.74. The van der Waals surface area contributed by atoms with E-state index in [2.05, 4.69) is 39.6 Å². The van der Waals surface area contributed by atoms with E-state index >= 15 is 0 Å². The molecule has 0 aliphatic rings. The lowest BCUT2D eigenvalue weighted by Crippen LogP contribution is -1.94. The third-order valence-corrected chi connectivity index (χ3v) is 3.66. The van der Waals surface area contributed by atoms with E-state index in [-0.39, 0.29) is 0 Å². The van der Waals surface area contributed by atoms with Gasteiger partial charge in [-0.05, 0) is 47.9 Å². The van der Waals surface area contributed by atoms with Gasteiger partial charge in [0.05, 0.1) is 11.9 Å². The SMILES string of the molecule is CNc1cnc(C)c(-c2cccc(-c3ccnc(N)c3)c2)c1. The third kappa shape index (κ3) is 2.76. The van der Waals surface area contributed by atoms with Crippen molar-refractivity contribution in [2.75, 3.05) is 18.1 Å². The van der Waals surface area contributed by atoms with Crippen molar-refractivity contribution in [3.63, 3.8) is 0 Å². The Morgan fingerprint density at radius 3 is 2.50 bits per heavy atom. The van der Waals surface area contributed by atoms with Crippen molar-refractivity contribution in [1.82, 2.24) is 9.97 Å². The van der Waals surface area contributed by atoms with E-state index in [1.165, 1.54) is 0 Å². The summed E-state index contributed by atoms with van der Waals surface area (Å²) in [5.74, 6) is 0.526. The van der Waals surface area contributed by atoms with Crippen molar-refractivity contribution >= 4 is 11.5 Å². The van der Waals surface area contributed by atoms with E-state index in [0.29, 0.717) is 5.82 Å². The van der Waals surface area contributed by atoms with Crippen LogP contribution < -0.4 is 11.1 Å². The molecule has 0 aliphatic heterocycles. The Hall–Kier alpha value is -2.88. The van der Waals surface area contributed by atoms with Gasteiger partial charge in [0, 0.05) is 24.5 Å². The smallest absolute Gasteiger partial charge is 0.123 e. The number of benzene rings is 1. The average molecular weight is 290 g/mol. The second kappa shape index (κ2) is 5.85. The summed E-state index contributed by atoms with van der Waals surface area (Å²) < 4.78 is 0. The molecule has 3 rings (SSSR count). The van der Waals surface area contributed by atoms with Gasteiger partial charge in [0.25, 0.3) is 0 Å². The van der Waals surface area contributed by atoms with Gasteiger partial charge >= 0.3 is 0 Å². The molecule has 0 saturated carbocycles. The van der Waals surface area contributed by atoms with Crippen LogP contribution in [-0.4, -0.2) is 17.0 Å². The highest BCUT2D eigenvalue weighted by atomic mass is 14.8. The van der Waals surface area contributed by atoms with Crippen LogP contribution in [0.3, 0.4) is 0 Å². The highest BCUT2D eigenvalue weighted by Crippen LogP contribution is 2.29. The first-order chi connectivity index (χ1) is 10.7. The number of rotatable bonds is 3. The standard InChI is InChI=1S/C18H18N4/c1-12-17(10-16(20-2)11-22-12)15-5-3-4-13(8-15)14-6-7-21-18(19)9-14/h3-11,20H,1-2H3,(H2,19,21). The van der Waals surface area contributed by atoms with E-state index in [9.17, 15) is 0 Å². The molecule has 110 valence electrons. The van der Waals surface area contributed by atoms with Crippen molar-refractivity contribution < 1.29 is 0 Å². The van der Waals surface area contributed by atoms with Gasteiger partial charge in [-0.1, -0.05) is 18.2 Å². The largest absolute Gasteiger partial charge is 0.387 e. The maximum absolute atomic E-state index is 5.78. The summed E-state index contributed by atoms with van der Waals surface area (Å²) in [6, 6.07) is 14.3. The van der Waals surface area contributed by atoms with Crippen molar-refractivity contribution in [3.05, 3.63) is 60.6 Å². The molecule has 0 saturated heterocycles. The predicted molar refractivity (Wildman–Crippen MR) is 91.6 cm³/mol. The van der Waals surface area contributed by atoms with Gasteiger partial charge in [-0.2, -0.15) is 0 Å². The summed E-state index contributed by atoms with van der Waals surface area (Å²) in [7, 11) is 1.90. The van der Waals surface area contributed by atoms with E-state index in [0.717, 1.165) is 33.6 Å². The molecule has 0 bridgehead atoms. The monoisotopic (exact) mass is 290 g/mol. The molecule has 0 aliphatic carbocycles. The zero-order valence-corrected chi connectivity index (χ0v) is 12.7. The number of hydrogen-bond donors (Lipinski definition) is 2. The molecule has 2 heterocycles.